The van der Waals surface area contributed by atoms with Gasteiger partial charge in [0.05, 0.1) is 12.0 Å². The van der Waals surface area contributed by atoms with Crippen LogP contribution >= 0.6 is 0 Å². The van der Waals surface area contributed by atoms with Crippen LogP contribution in [0.5, 0.6) is 0 Å². The normalized spacial score (nSPS) is 19.7. The van der Waals surface area contributed by atoms with Crippen molar-refractivity contribution in [3.05, 3.63) is 77.6 Å². The number of rotatable bonds is 5. The van der Waals surface area contributed by atoms with Crippen LogP contribution in [0.1, 0.15) is 47.2 Å². The number of nitrogen functional groups attached to an aromatic ring is 1. The summed E-state index contributed by atoms with van der Waals surface area (Å²) in [6.45, 7) is 2.23. The molecule has 1 aromatic carbocycles. The SMILES string of the molecule is CC#CC(=O)N1CCC2CC21c1nc(-c2ccc(C(=O)Cc3cc(C(F)(F)F)ccn3)cc2)c2c(N)nccn12. The molecule has 0 spiro atoms. The van der Waals surface area contributed by atoms with Crippen molar-refractivity contribution in [2.75, 3.05) is 12.3 Å². The average Bonchev–Trinajstić information content (AvgIpc) is 3.31. The zero-order chi connectivity index (χ0) is 28.2. The molecular weight excluding hydrogens is 521 g/mol. The summed E-state index contributed by atoms with van der Waals surface area (Å²) in [7, 11) is 0. The third-order valence-electron chi connectivity index (χ3n) is 7.67. The van der Waals surface area contributed by atoms with E-state index in [9.17, 15) is 22.8 Å². The molecule has 1 amide bonds. The lowest BCUT2D eigenvalue weighted by atomic mass is 10.0. The zero-order valence-electron chi connectivity index (χ0n) is 21.4. The van der Waals surface area contributed by atoms with E-state index in [0.717, 1.165) is 31.2 Å². The van der Waals surface area contributed by atoms with E-state index in [1.807, 2.05) is 4.40 Å². The highest BCUT2D eigenvalue weighted by atomic mass is 19.4. The first kappa shape index (κ1) is 25.6. The summed E-state index contributed by atoms with van der Waals surface area (Å²) in [6, 6.07) is 8.38. The van der Waals surface area contributed by atoms with Gasteiger partial charge in [0.15, 0.2) is 5.78 Å². The summed E-state index contributed by atoms with van der Waals surface area (Å²) in [5, 5.41) is 0. The van der Waals surface area contributed by atoms with Gasteiger partial charge in [-0.25, -0.2) is 9.97 Å². The fourth-order valence-electron chi connectivity index (χ4n) is 5.73. The Bertz CT molecular complexity index is 1730. The lowest BCUT2D eigenvalue weighted by molar-refractivity contribution is -0.137. The summed E-state index contributed by atoms with van der Waals surface area (Å²) in [6.07, 6.45) is 1.26. The molecule has 2 fully saturated rings. The van der Waals surface area contributed by atoms with Crippen molar-refractivity contribution in [2.45, 2.75) is 37.9 Å². The predicted molar refractivity (Wildman–Crippen MR) is 140 cm³/mol. The number of alkyl halides is 3. The highest BCUT2D eigenvalue weighted by molar-refractivity contribution is 5.98. The van der Waals surface area contributed by atoms with Crippen LogP contribution in [0.4, 0.5) is 19.0 Å². The van der Waals surface area contributed by atoms with Crippen LogP contribution in [0.15, 0.2) is 55.0 Å². The standard InChI is InChI=1S/C29H23F3N6O2/c1-2-3-23(40)38-12-9-20-16-28(20,38)27-36-24(25-26(33)35-11-13-37(25)27)18-6-4-17(5-7-18)22(39)15-21-14-19(8-10-34-21)29(30,31)32/h4-8,10-11,13-14,20H,9,12,15-16H2,1H3,(H2,33,35). The molecule has 2 unspecified atom stereocenters. The molecule has 1 saturated carbocycles. The average molecular weight is 545 g/mol. The van der Waals surface area contributed by atoms with Crippen LogP contribution in [-0.2, 0) is 22.9 Å². The van der Waals surface area contributed by atoms with Crippen LogP contribution in [0.3, 0.4) is 0 Å². The number of nitrogens with two attached hydrogens (primary N) is 1. The number of aromatic nitrogens is 4. The summed E-state index contributed by atoms with van der Waals surface area (Å²) in [5.74, 6) is 5.97. The summed E-state index contributed by atoms with van der Waals surface area (Å²) in [4.78, 5) is 40.6. The maximum Gasteiger partial charge on any atom is 0.416 e. The fraction of sp³-hybridized carbons (Fsp3) is 0.276. The number of ketones is 1. The van der Waals surface area contributed by atoms with E-state index in [1.165, 1.54) is 0 Å². The van der Waals surface area contributed by atoms with Gasteiger partial charge in [-0.15, -0.1) is 0 Å². The quantitative estimate of drug-likeness (QED) is 0.297. The smallest absolute Gasteiger partial charge is 0.382 e. The topological polar surface area (TPSA) is 106 Å². The number of hydrogen-bond donors (Lipinski definition) is 1. The molecule has 4 heterocycles. The lowest BCUT2D eigenvalue weighted by Crippen LogP contribution is -2.38. The van der Waals surface area contributed by atoms with E-state index in [0.29, 0.717) is 34.7 Å². The Morgan fingerprint density at radius 1 is 1.15 bits per heavy atom. The van der Waals surface area contributed by atoms with Gasteiger partial charge < -0.3 is 10.6 Å². The third-order valence-corrected chi connectivity index (χ3v) is 7.67. The minimum absolute atomic E-state index is 0.0363. The molecular formula is C29H23F3N6O2. The number of anilines is 1. The van der Waals surface area contributed by atoms with Crippen molar-refractivity contribution in [1.29, 1.82) is 0 Å². The number of hydrogen-bond acceptors (Lipinski definition) is 6. The van der Waals surface area contributed by atoms with Crippen LogP contribution in [0, 0.1) is 17.8 Å². The van der Waals surface area contributed by atoms with Crippen molar-refractivity contribution in [1.82, 2.24) is 24.3 Å². The van der Waals surface area contributed by atoms with Gasteiger partial charge in [-0.05, 0) is 43.7 Å². The number of Topliss-reactive ketones (excluding diaryl/α,β-unsaturated/α-hetero) is 1. The second kappa shape index (κ2) is 9.19. The molecule has 11 heteroatoms. The molecule has 202 valence electrons. The number of benzene rings is 1. The Kier molecular flexibility index (Phi) is 5.87. The molecule has 8 nitrogen and oxygen atoms in total. The Hall–Kier alpha value is -4.72. The molecule has 0 radical (unpaired) electrons. The van der Waals surface area contributed by atoms with Crippen LogP contribution in [0.25, 0.3) is 16.8 Å². The lowest BCUT2D eigenvalue weighted by Gasteiger charge is -2.25. The van der Waals surface area contributed by atoms with Crippen molar-refractivity contribution in [3.63, 3.8) is 0 Å². The Morgan fingerprint density at radius 2 is 1.93 bits per heavy atom. The van der Waals surface area contributed by atoms with Crippen LogP contribution in [-0.4, -0.2) is 42.5 Å². The van der Waals surface area contributed by atoms with Gasteiger partial charge in [-0.2, -0.15) is 13.2 Å². The van der Waals surface area contributed by atoms with E-state index >= 15 is 0 Å². The van der Waals surface area contributed by atoms with Gasteiger partial charge in [0.25, 0.3) is 5.91 Å². The minimum atomic E-state index is -4.52. The monoisotopic (exact) mass is 544 g/mol. The largest absolute Gasteiger partial charge is 0.416 e. The molecule has 3 aromatic heterocycles. The molecule has 1 aliphatic heterocycles. The number of amides is 1. The maximum atomic E-state index is 13.0. The van der Waals surface area contributed by atoms with E-state index in [-0.39, 0.29) is 35.5 Å². The second-order valence-corrected chi connectivity index (χ2v) is 9.97. The molecule has 1 aliphatic carbocycles. The van der Waals surface area contributed by atoms with Crippen molar-refractivity contribution in [3.8, 4) is 23.1 Å². The van der Waals surface area contributed by atoms with Gasteiger partial charge in [0.2, 0.25) is 0 Å². The number of nitrogens with zero attached hydrogens (tertiary/aromatic N) is 5. The van der Waals surface area contributed by atoms with E-state index in [4.69, 9.17) is 10.7 Å². The molecule has 0 bridgehead atoms. The van der Waals surface area contributed by atoms with Gasteiger partial charge in [-0.1, -0.05) is 30.2 Å². The Morgan fingerprint density at radius 3 is 2.62 bits per heavy atom. The van der Waals surface area contributed by atoms with Crippen molar-refractivity contribution < 1.29 is 22.8 Å². The highest BCUT2D eigenvalue weighted by Gasteiger charge is 2.66. The molecule has 6 rings (SSSR count). The first-order valence-electron chi connectivity index (χ1n) is 12.7. The molecule has 2 aliphatic rings. The molecule has 2 N–H and O–H groups in total. The fourth-order valence-corrected chi connectivity index (χ4v) is 5.73. The maximum absolute atomic E-state index is 13.0. The number of fused-ring (bicyclic) bond motifs is 2. The van der Waals surface area contributed by atoms with Crippen molar-refractivity contribution >= 4 is 23.0 Å². The molecule has 4 aromatic rings. The molecule has 2 atom stereocenters. The Labute approximate surface area is 227 Å². The number of carbonyl (C=O) groups excluding carboxylic acids is 2. The predicted octanol–water partition coefficient (Wildman–Crippen LogP) is 4.29. The van der Waals surface area contributed by atoms with Gasteiger partial charge in [-0.3, -0.25) is 19.0 Å². The molecule has 40 heavy (non-hydrogen) atoms. The number of carbonyl (C=O) groups is 2. The first-order valence-corrected chi connectivity index (χ1v) is 12.7. The van der Waals surface area contributed by atoms with Crippen LogP contribution < -0.4 is 5.73 Å². The van der Waals surface area contributed by atoms with Crippen LogP contribution in [0.2, 0.25) is 0 Å². The first-order chi connectivity index (χ1) is 19.1. The Balaban J connectivity index is 1.33. The number of piperidine rings is 1. The number of imidazole rings is 1. The van der Waals surface area contributed by atoms with E-state index in [1.54, 1.807) is 48.5 Å². The van der Waals surface area contributed by atoms with E-state index < -0.39 is 17.3 Å². The minimum Gasteiger partial charge on any atom is -0.382 e. The second-order valence-electron chi connectivity index (χ2n) is 9.97. The number of likely N-dealkylation sites (tertiary alicyclic amines) is 1. The zero-order valence-corrected chi connectivity index (χ0v) is 21.4. The number of pyridine rings is 1. The summed E-state index contributed by atoms with van der Waals surface area (Å²) >= 11 is 0. The summed E-state index contributed by atoms with van der Waals surface area (Å²) < 4.78 is 41.0. The third kappa shape index (κ3) is 4.07. The van der Waals surface area contributed by atoms with Gasteiger partial charge >= 0.3 is 6.18 Å². The molecule has 1 saturated heterocycles. The van der Waals surface area contributed by atoms with Gasteiger partial charge in [0.1, 0.15) is 28.4 Å². The van der Waals surface area contributed by atoms with E-state index in [2.05, 4.69) is 21.8 Å². The summed E-state index contributed by atoms with van der Waals surface area (Å²) in [5.41, 5.74) is 7.06. The van der Waals surface area contributed by atoms with Crippen molar-refractivity contribution in [2.24, 2.45) is 5.92 Å². The number of halogens is 3. The van der Waals surface area contributed by atoms with Gasteiger partial charge in [0, 0.05) is 42.0 Å². The highest BCUT2D eigenvalue weighted by Crippen LogP contribution is 2.62.